The van der Waals surface area contributed by atoms with E-state index in [1.54, 1.807) is 7.11 Å². The van der Waals surface area contributed by atoms with Crippen molar-refractivity contribution >= 4 is 28.3 Å². The highest BCUT2D eigenvalue weighted by atomic mass is 35.5. The second-order valence-corrected chi connectivity index (χ2v) is 4.43. The lowest BCUT2D eigenvalue weighted by molar-refractivity contribution is 0.419. The molecule has 0 aliphatic carbocycles. The largest absolute Gasteiger partial charge is 0.496 e. The molecule has 0 saturated heterocycles. The minimum absolute atomic E-state index is 0.646. The normalized spacial score (nSPS) is 10.7. The molecule has 3 nitrogen and oxygen atoms in total. The maximum Gasteiger partial charge on any atom is 0.129 e. The van der Waals surface area contributed by atoms with Crippen LogP contribution in [0, 0.1) is 0 Å². The van der Waals surface area contributed by atoms with Crippen LogP contribution in [-0.2, 0) is 6.42 Å². The summed E-state index contributed by atoms with van der Waals surface area (Å²) in [6, 6.07) is 5.79. The molecule has 2 rings (SSSR count). The van der Waals surface area contributed by atoms with Gasteiger partial charge in [-0.1, -0.05) is 18.5 Å². The Bertz CT molecular complexity index is 569. The van der Waals surface area contributed by atoms with Crippen molar-refractivity contribution in [3.8, 4) is 5.75 Å². The van der Waals surface area contributed by atoms with Gasteiger partial charge in [-0.25, -0.2) is 4.98 Å². The van der Waals surface area contributed by atoms with Crippen LogP contribution < -0.4 is 10.1 Å². The van der Waals surface area contributed by atoms with Crippen molar-refractivity contribution in [3.05, 3.63) is 28.8 Å². The van der Waals surface area contributed by atoms with Gasteiger partial charge in [0.1, 0.15) is 11.6 Å². The Morgan fingerprint density at radius 1 is 1.33 bits per heavy atom. The van der Waals surface area contributed by atoms with E-state index in [1.165, 1.54) is 5.56 Å². The Hall–Kier alpha value is -1.48. The molecule has 0 aliphatic heterocycles. The highest BCUT2D eigenvalue weighted by Gasteiger charge is 2.11. The smallest absolute Gasteiger partial charge is 0.129 e. The summed E-state index contributed by atoms with van der Waals surface area (Å²) in [6.45, 7) is 5.01. The number of pyridine rings is 1. The molecule has 18 heavy (non-hydrogen) atoms. The summed E-state index contributed by atoms with van der Waals surface area (Å²) < 4.78 is 5.36. The summed E-state index contributed by atoms with van der Waals surface area (Å²) >= 11 is 6.21. The number of hydrogen-bond donors (Lipinski definition) is 1. The quantitative estimate of drug-likeness (QED) is 0.910. The lowest BCUT2D eigenvalue weighted by atomic mass is 10.1. The van der Waals surface area contributed by atoms with Crippen LogP contribution in [0.3, 0.4) is 0 Å². The molecule has 0 spiro atoms. The topological polar surface area (TPSA) is 34.2 Å². The number of aromatic nitrogens is 1. The minimum Gasteiger partial charge on any atom is -0.496 e. The van der Waals surface area contributed by atoms with E-state index in [-0.39, 0.29) is 0 Å². The predicted molar refractivity (Wildman–Crippen MR) is 76.8 cm³/mol. The lowest BCUT2D eigenvalue weighted by Gasteiger charge is -2.13. The molecule has 0 amide bonds. The Labute approximate surface area is 112 Å². The summed E-state index contributed by atoms with van der Waals surface area (Å²) in [7, 11) is 1.66. The molecule has 0 aliphatic rings. The Morgan fingerprint density at radius 3 is 2.72 bits per heavy atom. The fourth-order valence-corrected chi connectivity index (χ4v) is 2.22. The highest BCUT2D eigenvalue weighted by molar-refractivity contribution is 6.35. The highest BCUT2D eigenvalue weighted by Crippen LogP contribution is 2.33. The Morgan fingerprint density at radius 2 is 2.11 bits per heavy atom. The summed E-state index contributed by atoms with van der Waals surface area (Å²) in [5, 5.41) is 4.88. The van der Waals surface area contributed by atoms with Crippen LogP contribution >= 0.6 is 11.6 Å². The van der Waals surface area contributed by atoms with E-state index in [4.69, 9.17) is 16.3 Å². The summed E-state index contributed by atoms with van der Waals surface area (Å²) in [4.78, 5) is 4.62. The number of methoxy groups -OCH3 is 1. The summed E-state index contributed by atoms with van der Waals surface area (Å²) in [5.74, 6) is 1.71. The van der Waals surface area contributed by atoms with Crippen molar-refractivity contribution in [1.82, 2.24) is 4.98 Å². The number of nitrogens with zero attached hydrogens (tertiary/aromatic N) is 1. The zero-order valence-corrected chi connectivity index (χ0v) is 11.6. The second kappa shape index (κ2) is 5.44. The number of aryl methyl sites for hydroxylation is 1. The fraction of sp³-hybridized carbons (Fsp3) is 0.357. The first kappa shape index (κ1) is 13.0. The van der Waals surface area contributed by atoms with Crippen LogP contribution in [0.15, 0.2) is 18.2 Å². The first-order chi connectivity index (χ1) is 8.71. The number of fused-ring (bicyclic) bond motifs is 1. The number of hydrogen-bond acceptors (Lipinski definition) is 3. The first-order valence-corrected chi connectivity index (χ1v) is 6.49. The van der Waals surface area contributed by atoms with E-state index in [1.807, 2.05) is 12.1 Å². The van der Waals surface area contributed by atoms with Gasteiger partial charge in [-0.3, -0.25) is 0 Å². The lowest BCUT2D eigenvalue weighted by Crippen LogP contribution is -2.04. The molecule has 0 unspecified atom stereocenters. The number of ether oxygens (including phenoxy) is 1. The molecule has 0 saturated carbocycles. The van der Waals surface area contributed by atoms with Crippen molar-refractivity contribution < 1.29 is 4.74 Å². The maximum atomic E-state index is 6.21. The van der Waals surface area contributed by atoms with Crippen molar-refractivity contribution in [2.24, 2.45) is 0 Å². The Balaban J connectivity index is 2.73. The van der Waals surface area contributed by atoms with Crippen molar-refractivity contribution in [1.29, 1.82) is 0 Å². The zero-order valence-electron chi connectivity index (χ0n) is 10.9. The van der Waals surface area contributed by atoms with Gasteiger partial charge in [0.15, 0.2) is 0 Å². The standard InChI is InChI=1S/C14H17ClN2O/c1-4-9-8-10-12(18-3)7-6-11(15)13(10)17-14(9)16-5-2/h6-8H,4-5H2,1-3H3,(H,16,17). The van der Waals surface area contributed by atoms with Crippen LogP contribution in [0.25, 0.3) is 10.9 Å². The SMILES string of the molecule is CCNc1nc2c(Cl)ccc(OC)c2cc1CC. The molecule has 0 fully saturated rings. The van der Waals surface area contributed by atoms with E-state index < -0.39 is 0 Å². The van der Waals surface area contributed by atoms with E-state index in [2.05, 4.69) is 30.2 Å². The molecule has 96 valence electrons. The molecule has 1 aromatic heterocycles. The summed E-state index contributed by atoms with van der Waals surface area (Å²) in [6.07, 6.45) is 0.918. The average Bonchev–Trinajstić information content (AvgIpc) is 2.39. The van der Waals surface area contributed by atoms with Crippen molar-refractivity contribution in [2.75, 3.05) is 19.0 Å². The first-order valence-electron chi connectivity index (χ1n) is 6.11. The Kier molecular flexibility index (Phi) is 3.92. The number of halogens is 1. The third-order valence-corrected chi connectivity index (χ3v) is 3.22. The van der Waals surface area contributed by atoms with Gasteiger partial charge in [0.25, 0.3) is 0 Å². The molecule has 2 aromatic rings. The van der Waals surface area contributed by atoms with Crippen LogP contribution in [0.1, 0.15) is 19.4 Å². The van der Waals surface area contributed by atoms with Crippen LogP contribution in [-0.4, -0.2) is 18.6 Å². The number of rotatable bonds is 4. The van der Waals surface area contributed by atoms with E-state index in [0.717, 1.165) is 35.4 Å². The van der Waals surface area contributed by atoms with E-state index in [0.29, 0.717) is 5.02 Å². The molecule has 0 bridgehead atoms. The molecular formula is C14H17ClN2O. The molecular weight excluding hydrogens is 248 g/mol. The van der Waals surface area contributed by atoms with E-state index in [9.17, 15) is 0 Å². The molecule has 0 atom stereocenters. The summed E-state index contributed by atoms with van der Waals surface area (Å²) in [5.41, 5.74) is 1.95. The van der Waals surface area contributed by atoms with Crippen LogP contribution in [0.5, 0.6) is 5.75 Å². The van der Waals surface area contributed by atoms with Crippen LogP contribution in [0.4, 0.5) is 5.82 Å². The van der Waals surface area contributed by atoms with E-state index >= 15 is 0 Å². The third kappa shape index (κ3) is 2.23. The van der Waals surface area contributed by atoms with Gasteiger partial charge in [0.05, 0.1) is 17.6 Å². The molecule has 1 N–H and O–H groups in total. The molecule has 1 heterocycles. The molecule has 4 heteroatoms. The monoisotopic (exact) mass is 264 g/mol. The second-order valence-electron chi connectivity index (χ2n) is 4.03. The van der Waals surface area contributed by atoms with Crippen LogP contribution in [0.2, 0.25) is 5.02 Å². The van der Waals surface area contributed by atoms with Gasteiger partial charge in [-0.05, 0) is 37.1 Å². The number of anilines is 1. The van der Waals surface area contributed by atoms with Gasteiger partial charge in [0, 0.05) is 11.9 Å². The number of nitrogens with one attached hydrogen (secondary N) is 1. The maximum absolute atomic E-state index is 6.21. The van der Waals surface area contributed by atoms with Gasteiger partial charge in [-0.15, -0.1) is 0 Å². The van der Waals surface area contributed by atoms with Crippen molar-refractivity contribution in [2.45, 2.75) is 20.3 Å². The zero-order chi connectivity index (χ0) is 13.1. The number of benzene rings is 1. The van der Waals surface area contributed by atoms with Gasteiger partial charge in [-0.2, -0.15) is 0 Å². The predicted octanol–water partition coefficient (Wildman–Crippen LogP) is 3.89. The minimum atomic E-state index is 0.646. The van der Waals surface area contributed by atoms with Crippen molar-refractivity contribution in [3.63, 3.8) is 0 Å². The van der Waals surface area contributed by atoms with Gasteiger partial charge in [0.2, 0.25) is 0 Å². The van der Waals surface area contributed by atoms with Gasteiger partial charge >= 0.3 is 0 Å². The fourth-order valence-electron chi connectivity index (χ4n) is 2.01. The van der Waals surface area contributed by atoms with Gasteiger partial charge < -0.3 is 10.1 Å². The molecule has 0 radical (unpaired) electrons. The molecule has 1 aromatic carbocycles. The average molecular weight is 265 g/mol. The third-order valence-electron chi connectivity index (χ3n) is 2.92.